The van der Waals surface area contributed by atoms with Crippen LogP contribution in [0.2, 0.25) is 0 Å². The summed E-state index contributed by atoms with van der Waals surface area (Å²) < 4.78 is 0. The first-order valence-corrected chi connectivity index (χ1v) is 6.40. The molecule has 0 saturated heterocycles. The summed E-state index contributed by atoms with van der Waals surface area (Å²) in [5, 5.41) is 2.76. The molecular weight excluding hydrogens is 226 g/mol. The fraction of sp³-hybridized carbons (Fsp3) is 0.467. The summed E-state index contributed by atoms with van der Waals surface area (Å²) >= 11 is 0. The third-order valence-electron chi connectivity index (χ3n) is 2.76. The number of hydrogen-bond acceptors (Lipinski definition) is 2. The lowest BCUT2D eigenvalue weighted by atomic mass is 10.1. The van der Waals surface area contributed by atoms with Crippen LogP contribution in [0.4, 0.5) is 0 Å². The number of amides is 1. The number of rotatable bonds is 7. The molecule has 0 fully saturated rings. The van der Waals surface area contributed by atoms with E-state index in [1.165, 1.54) is 0 Å². The molecule has 0 saturated carbocycles. The summed E-state index contributed by atoms with van der Waals surface area (Å²) in [5.74, 6) is 0.455. The molecule has 18 heavy (non-hydrogen) atoms. The number of benzene rings is 1. The summed E-state index contributed by atoms with van der Waals surface area (Å²) in [5.41, 5.74) is 1.05. The van der Waals surface area contributed by atoms with E-state index in [-0.39, 0.29) is 5.91 Å². The van der Waals surface area contributed by atoms with E-state index < -0.39 is 6.04 Å². The zero-order chi connectivity index (χ0) is 13.4. The first-order valence-electron chi connectivity index (χ1n) is 6.40. The Labute approximate surface area is 109 Å². The minimum absolute atomic E-state index is 0.0447. The van der Waals surface area contributed by atoms with Crippen molar-refractivity contribution in [3.8, 4) is 0 Å². The Balaban J connectivity index is 2.42. The Morgan fingerprint density at radius 2 is 1.94 bits per heavy atom. The molecule has 0 unspecified atom stereocenters. The molecule has 0 bridgehead atoms. The van der Waals surface area contributed by atoms with E-state index in [0.29, 0.717) is 18.8 Å². The average Bonchev–Trinajstić information content (AvgIpc) is 2.37. The van der Waals surface area contributed by atoms with Crippen molar-refractivity contribution in [2.24, 2.45) is 5.92 Å². The summed E-state index contributed by atoms with van der Waals surface area (Å²) in [6.45, 7) is 4.16. The molecule has 0 aromatic heterocycles. The van der Waals surface area contributed by atoms with Crippen LogP contribution >= 0.6 is 0 Å². The molecule has 1 atom stereocenters. The lowest BCUT2D eigenvalue weighted by Crippen LogP contribution is -2.37. The molecule has 0 radical (unpaired) electrons. The number of carbonyl (C=O) groups excluding carboxylic acids is 2. The van der Waals surface area contributed by atoms with Crippen LogP contribution in [0.5, 0.6) is 0 Å². The molecule has 1 rings (SSSR count). The van der Waals surface area contributed by atoms with Crippen LogP contribution in [0.25, 0.3) is 0 Å². The van der Waals surface area contributed by atoms with Gasteiger partial charge in [-0.25, -0.2) is 0 Å². The molecule has 3 nitrogen and oxygen atoms in total. The maximum atomic E-state index is 11.6. The summed E-state index contributed by atoms with van der Waals surface area (Å²) in [7, 11) is 0. The Kier molecular flexibility index (Phi) is 6.12. The van der Waals surface area contributed by atoms with Gasteiger partial charge in [-0.2, -0.15) is 0 Å². The van der Waals surface area contributed by atoms with Crippen LogP contribution < -0.4 is 5.32 Å². The predicted molar refractivity (Wildman–Crippen MR) is 72.2 cm³/mol. The Bertz CT molecular complexity index is 373. The normalized spacial score (nSPS) is 12.2. The Morgan fingerprint density at radius 3 is 2.50 bits per heavy atom. The molecule has 1 amide bonds. The fourth-order valence-corrected chi connectivity index (χ4v) is 1.70. The minimum Gasteiger partial charge on any atom is -0.346 e. The van der Waals surface area contributed by atoms with Crippen molar-refractivity contribution in [1.82, 2.24) is 5.32 Å². The third-order valence-corrected chi connectivity index (χ3v) is 2.76. The van der Waals surface area contributed by atoms with E-state index >= 15 is 0 Å². The molecule has 0 aliphatic carbocycles. The van der Waals surface area contributed by atoms with Crippen LogP contribution in [-0.4, -0.2) is 18.2 Å². The van der Waals surface area contributed by atoms with Gasteiger partial charge in [-0.3, -0.25) is 4.79 Å². The van der Waals surface area contributed by atoms with E-state index in [2.05, 4.69) is 19.2 Å². The highest BCUT2D eigenvalue weighted by molar-refractivity contribution is 5.79. The van der Waals surface area contributed by atoms with Gasteiger partial charge in [0.25, 0.3) is 0 Å². The molecule has 0 heterocycles. The lowest BCUT2D eigenvalue weighted by Gasteiger charge is -2.13. The molecule has 0 aliphatic rings. The highest BCUT2D eigenvalue weighted by atomic mass is 16.2. The van der Waals surface area contributed by atoms with E-state index in [1.54, 1.807) is 0 Å². The molecule has 1 N–H and O–H groups in total. The van der Waals surface area contributed by atoms with Crippen LogP contribution in [0.3, 0.4) is 0 Å². The van der Waals surface area contributed by atoms with E-state index in [4.69, 9.17) is 0 Å². The smallest absolute Gasteiger partial charge is 0.220 e. The van der Waals surface area contributed by atoms with Crippen LogP contribution in [-0.2, 0) is 16.0 Å². The van der Waals surface area contributed by atoms with Gasteiger partial charge in [-0.1, -0.05) is 44.2 Å². The Hall–Kier alpha value is -1.64. The van der Waals surface area contributed by atoms with Gasteiger partial charge in [0.05, 0.1) is 6.04 Å². The van der Waals surface area contributed by atoms with Crippen molar-refractivity contribution in [1.29, 1.82) is 0 Å². The van der Waals surface area contributed by atoms with Crippen molar-refractivity contribution < 1.29 is 9.59 Å². The van der Waals surface area contributed by atoms with Crippen molar-refractivity contribution in [2.45, 2.75) is 39.2 Å². The number of carbonyl (C=O) groups is 2. The van der Waals surface area contributed by atoms with Gasteiger partial charge in [-0.05, 0) is 24.3 Å². The van der Waals surface area contributed by atoms with Crippen molar-refractivity contribution in [3.05, 3.63) is 35.9 Å². The number of hydrogen-bond donors (Lipinski definition) is 1. The van der Waals surface area contributed by atoms with Gasteiger partial charge in [0.1, 0.15) is 6.29 Å². The molecule has 1 aromatic carbocycles. The third kappa shape index (κ3) is 5.62. The second-order valence-electron chi connectivity index (χ2n) is 4.93. The maximum Gasteiger partial charge on any atom is 0.220 e. The highest BCUT2D eigenvalue weighted by Crippen LogP contribution is 2.05. The Morgan fingerprint density at radius 1 is 1.28 bits per heavy atom. The largest absolute Gasteiger partial charge is 0.346 e. The first kappa shape index (κ1) is 14.4. The van der Waals surface area contributed by atoms with Crippen molar-refractivity contribution in [3.63, 3.8) is 0 Å². The summed E-state index contributed by atoms with van der Waals surface area (Å²) in [4.78, 5) is 22.6. The lowest BCUT2D eigenvalue weighted by molar-refractivity contribution is -0.124. The summed E-state index contributed by atoms with van der Waals surface area (Å²) in [6.07, 6.45) is 2.69. The number of nitrogens with one attached hydrogen (secondary N) is 1. The molecule has 3 heteroatoms. The molecule has 0 spiro atoms. The van der Waals surface area contributed by atoms with Gasteiger partial charge in [0.2, 0.25) is 5.91 Å². The topological polar surface area (TPSA) is 46.2 Å². The fourth-order valence-electron chi connectivity index (χ4n) is 1.70. The second-order valence-corrected chi connectivity index (χ2v) is 4.93. The maximum absolute atomic E-state index is 11.6. The van der Waals surface area contributed by atoms with Gasteiger partial charge in [0, 0.05) is 6.42 Å². The zero-order valence-corrected chi connectivity index (χ0v) is 11.1. The first-order chi connectivity index (χ1) is 8.61. The van der Waals surface area contributed by atoms with Crippen LogP contribution in [0.15, 0.2) is 30.3 Å². The van der Waals surface area contributed by atoms with Gasteiger partial charge >= 0.3 is 0 Å². The average molecular weight is 247 g/mol. The van der Waals surface area contributed by atoms with E-state index in [1.807, 2.05) is 30.3 Å². The van der Waals surface area contributed by atoms with Crippen LogP contribution in [0.1, 0.15) is 32.3 Å². The van der Waals surface area contributed by atoms with Crippen molar-refractivity contribution in [2.75, 3.05) is 0 Å². The zero-order valence-electron chi connectivity index (χ0n) is 11.1. The summed E-state index contributed by atoms with van der Waals surface area (Å²) in [6, 6.07) is 9.27. The van der Waals surface area contributed by atoms with Gasteiger partial charge < -0.3 is 10.1 Å². The number of aldehydes is 1. The minimum atomic E-state index is -0.424. The highest BCUT2D eigenvalue weighted by Gasteiger charge is 2.12. The predicted octanol–water partition coefficient (Wildman–Crippen LogP) is 2.35. The van der Waals surface area contributed by atoms with E-state index in [0.717, 1.165) is 18.3 Å². The molecular formula is C15H21NO2. The SMILES string of the molecule is CC(C)CCC(=O)N[C@@H](C=O)Cc1ccccc1. The van der Waals surface area contributed by atoms with Gasteiger partial charge in [0.15, 0.2) is 0 Å². The molecule has 0 aliphatic heterocycles. The molecule has 98 valence electrons. The van der Waals surface area contributed by atoms with E-state index in [9.17, 15) is 9.59 Å². The monoisotopic (exact) mass is 247 g/mol. The van der Waals surface area contributed by atoms with Crippen molar-refractivity contribution >= 4 is 12.2 Å². The second kappa shape index (κ2) is 7.64. The van der Waals surface area contributed by atoms with Gasteiger partial charge in [-0.15, -0.1) is 0 Å². The standard InChI is InChI=1S/C15H21NO2/c1-12(2)8-9-15(18)16-14(11-17)10-13-6-4-3-5-7-13/h3-7,11-12,14H,8-10H2,1-2H3,(H,16,18)/t14-/m1/s1. The quantitative estimate of drug-likeness (QED) is 0.752. The van der Waals surface area contributed by atoms with Crippen LogP contribution in [0, 0.1) is 5.92 Å². The molecule has 1 aromatic rings.